The zero-order chi connectivity index (χ0) is 36.6. The van der Waals surface area contributed by atoms with Crippen LogP contribution in [0.5, 0.6) is 0 Å². The van der Waals surface area contributed by atoms with Gasteiger partial charge < -0.3 is 24.4 Å². The first kappa shape index (κ1) is 36.5. The van der Waals surface area contributed by atoms with E-state index >= 15 is 0 Å². The third-order valence-electron chi connectivity index (χ3n) is 11.3. The number of hydrogen-bond acceptors (Lipinski definition) is 7. The highest BCUT2D eigenvalue weighted by atomic mass is 35.5. The van der Waals surface area contributed by atoms with Crippen molar-refractivity contribution >= 4 is 43.1 Å². The van der Waals surface area contributed by atoms with Crippen LogP contribution in [0.2, 0.25) is 23.7 Å². The fourth-order valence-corrected chi connectivity index (χ4v) is 11.6. The van der Waals surface area contributed by atoms with Crippen LogP contribution < -0.4 is 9.80 Å². The molecule has 52 heavy (non-hydrogen) atoms. The van der Waals surface area contributed by atoms with Gasteiger partial charge in [-0.25, -0.2) is 0 Å². The summed E-state index contributed by atoms with van der Waals surface area (Å²) in [6.45, 7) is 7.20. The summed E-state index contributed by atoms with van der Waals surface area (Å²) in [5.41, 5.74) is 3.25. The Labute approximate surface area is 311 Å². The maximum atomic E-state index is 14.9. The summed E-state index contributed by atoms with van der Waals surface area (Å²) in [6, 6.07) is 23.2. The molecule has 7 rings (SSSR count). The number of amides is 2. The van der Waals surface area contributed by atoms with Gasteiger partial charge in [0, 0.05) is 53.4 Å². The lowest BCUT2D eigenvalue weighted by atomic mass is 9.82. The molecule has 2 fully saturated rings. The number of anilines is 2. The van der Waals surface area contributed by atoms with Gasteiger partial charge in [-0.3, -0.25) is 14.3 Å². The minimum absolute atomic E-state index is 0.0951. The maximum Gasteiger partial charge on any atom is 0.264 e. The lowest BCUT2D eigenvalue weighted by Gasteiger charge is -2.32. The van der Waals surface area contributed by atoms with Gasteiger partial charge >= 0.3 is 0 Å². The molecule has 3 aliphatic heterocycles. The molecule has 0 saturated carbocycles. The second-order valence-corrected chi connectivity index (χ2v) is 19.5. The normalized spacial score (nSPS) is 24.3. The van der Waals surface area contributed by atoms with Crippen LogP contribution in [0, 0.1) is 5.92 Å². The molecule has 4 heterocycles. The zero-order valence-corrected chi connectivity index (χ0v) is 31.9. The van der Waals surface area contributed by atoms with Gasteiger partial charge in [-0.05, 0) is 73.8 Å². The molecule has 12 heteroatoms. The van der Waals surface area contributed by atoms with E-state index in [1.165, 1.54) is 0 Å². The van der Waals surface area contributed by atoms with Crippen LogP contribution in [0.15, 0.2) is 79.0 Å². The average molecular weight is 742 g/mol. The monoisotopic (exact) mass is 741 g/mol. The molecule has 2 saturated heterocycles. The van der Waals surface area contributed by atoms with Gasteiger partial charge in [0.1, 0.15) is 0 Å². The zero-order valence-electron chi connectivity index (χ0n) is 30.1. The van der Waals surface area contributed by atoms with Crippen molar-refractivity contribution in [1.29, 1.82) is 0 Å². The molecule has 4 aromatic rings. The number of nitrogens with zero attached hydrogens (tertiary/aromatic N) is 5. The maximum absolute atomic E-state index is 14.9. The number of fused-ring (bicyclic) bond motifs is 2. The van der Waals surface area contributed by atoms with Crippen molar-refractivity contribution in [3.8, 4) is 0 Å². The Morgan fingerprint density at radius 2 is 1.81 bits per heavy atom. The van der Waals surface area contributed by atoms with E-state index in [1.54, 1.807) is 15.6 Å². The fourth-order valence-electron chi connectivity index (χ4n) is 8.81. The van der Waals surface area contributed by atoms with Crippen molar-refractivity contribution < 1.29 is 24.2 Å². The Bertz CT molecular complexity index is 1920. The van der Waals surface area contributed by atoms with E-state index in [4.69, 9.17) is 16.3 Å². The van der Waals surface area contributed by atoms with Crippen molar-refractivity contribution in [2.45, 2.75) is 94.8 Å². The summed E-state index contributed by atoms with van der Waals surface area (Å²) >= 11 is 6.62. The largest absolute Gasteiger partial charge is 0.432 e. The quantitative estimate of drug-likeness (QED) is 0.172. The fraction of sp³-hybridized carbons (Fsp3) is 0.450. The standard InChI is InChI=1S/C40H48ClN5O5Si/c1-27-38(52(2,3)50)36(19-21-44-25-34(42-43-44)32(26-47)29-13-7-6-8-14-29)51-40(27)33-23-30(41)17-18-35(33)46(39(40)49)24-28-12-11-15-31(22-28)45-20-10-5-4-9-16-37(45)48/h6-8,11-15,17-18,22-23,25,27,32,36,38,47,50H,4-5,9-10,16,19-21,24,26H2,1-3H3/t27-,32?,36+,38-,40+/m1/s1. The Hall–Kier alpha value is -3.87. The van der Waals surface area contributed by atoms with Crippen LogP contribution in [-0.2, 0) is 33.0 Å². The second kappa shape index (κ2) is 14.9. The van der Waals surface area contributed by atoms with Gasteiger partial charge in [0.2, 0.25) is 5.91 Å². The average Bonchev–Trinajstić information content (AvgIpc) is 3.77. The lowest BCUT2D eigenvalue weighted by molar-refractivity contribution is -0.146. The van der Waals surface area contributed by atoms with Crippen molar-refractivity contribution in [3.63, 3.8) is 0 Å². The first-order valence-corrected chi connectivity index (χ1v) is 21.9. The Kier molecular flexibility index (Phi) is 10.4. The molecule has 1 unspecified atom stereocenters. The van der Waals surface area contributed by atoms with Crippen LogP contribution >= 0.6 is 11.6 Å². The topological polar surface area (TPSA) is 121 Å². The molecule has 3 aromatic carbocycles. The predicted octanol–water partition coefficient (Wildman–Crippen LogP) is 6.79. The summed E-state index contributed by atoms with van der Waals surface area (Å²) in [5, 5.41) is 19.4. The molecular weight excluding hydrogens is 694 g/mol. The molecule has 2 N–H and O–H groups in total. The highest BCUT2D eigenvalue weighted by molar-refractivity contribution is 6.71. The van der Waals surface area contributed by atoms with Crippen LogP contribution in [0.1, 0.15) is 73.8 Å². The van der Waals surface area contributed by atoms with Crippen LogP contribution in [-0.4, -0.2) is 64.3 Å². The first-order valence-electron chi connectivity index (χ1n) is 18.5. The molecule has 2 amide bonds. The third-order valence-corrected chi connectivity index (χ3v) is 14.0. The van der Waals surface area contributed by atoms with E-state index in [0.29, 0.717) is 43.2 Å². The number of hydrogen-bond donors (Lipinski definition) is 2. The first-order chi connectivity index (χ1) is 25.0. The number of benzene rings is 3. The van der Waals surface area contributed by atoms with Crippen LogP contribution in [0.3, 0.4) is 0 Å². The minimum atomic E-state index is -2.89. The van der Waals surface area contributed by atoms with Gasteiger partial charge in [0.15, 0.2) is 13.9 Å². The summed E-state index contributed by atoms with van der Waals surface area (Å²) in [7, 11) is -2.89. The number of halogens is 1. The van der Waals surface area contributed by atoms with Gasteiger partial charge in [0.05, 0.1) is 36.6 Å². The number of ether oxygens (including phenoxy) is 1. The molecule has 0 radical (unpaired) electrons. The second-order valence-electron chi connectivity index (χ2n) is 15.1. The molecule has 5 atom stereocenters. The van der Waals surface area contributed by atoms with Gasteiger partial charge in [-0.2, -0.15) is 0 Å². The van der Waals surface area contributed by atoms with E-state index in [1.807, 2.05) is 97.8 Å². The number of carbonyl (C=O) groups excluding carboxylic acids is 2. The number of aromatic nitrogens is 3. The van der Waals surface area contributed by atoms with Crippen LogP contribution in [0.25, 0.3) is 0 Å². The summed E-state index contributed by atoms with van der Waals surface area (Å²) in [5.74, 6) is -0.670. The van der Waals surface area contributed by atoms with Crippen molar-refractivity contribution in [1.82, 2.24) is 15.0 Å². The number of aliphatic hydroxyl groups excluding tert-OH is 1. The lowest BCUT2D eigenvalue weighted by Crippen LogP contribution is -2.46. The molecule has 0 bridgehead atoms. The van der Waals surface area contributed by atoms with Crippen molar-refractivity contribution in [2.24, 2.45) is 5.92 Å². The number of rotatable bonds is 10. The minimum Gasteiger partial charge on any atom is -0.432 e. The number of aryl methyl sites for hydroxylation is 1. The summed E-state index contributed by atoms with van der Waals surface area (Å²) in [6.07, 6.45) is 6.53. The molecule has 10 nitrogen and oxygen atoms in total. The number of aliphatic hydroxyl groups is 1. The Balaban J connectivity index is 1.16. The smallest absolute Gasteiger partial charge is 0.264 e. The molecule has 274 valence electrons. The molecule has 3 aliphatic rings. The third kappa shape index (κ3) is 6.85. The van der Waals surface area contributed by atoms with Crippen molar-refractivity contribution in [3.05, 3.63) is 106 Å². The van der Waals surface area contributed by atoms with Gasteiger partial charge in [-0.1, -0.05) is 79.0 Å². The number of carbonyl (C=O) groups is 2. The SMILES string of the molecule is C[C@@H]1[C@@H]([Si](C)(C)O)[C@H](CCn2cc(C(CO)c3ccccc3)nn2)O[C@@]12C(=O)N(Cc1cccc(N3CCCCCCC3=O)c1)c1ccc(Cl)cc12. The molecule has 0 aliphatic carbocycles. The highest BCUT2D eigenvalue weighted by Crippen LogP contribution is 2.60. The van der Waals surface area contributed by atoms with Crippen LogP contribution in [0.4, 0.5) is 11.4 Å². The Morgan fingerprint density at radius 1 is 1.02 bits per heavy atom. The molecule has 1 aromatic heterocycles. The predicted molar refractivity (Wildman–Crippen MR) is 204 cm³/mol. The molecule has 1 spiro atoms. The van der Waals surface area contributed by atoms with E-state index < -0.39 is 20.0 Å². The van der Waals surface area contributed by atoms with Gasteiger partial charge in [0.25, 0.3) is 5.91 Å². The summed E-state index contributed by atoms with van der Waals surface area (Å²) < 4.78 is 8.77. The highest BCUT2D eigenvalue weighted by Gasteiger charge is 2.66. The summed E-state index contributed by atoms with van der Waals surface area (Å²) in [4.78, 5) is 43.4. The van der Waals surface area contributed by atoms with E-state index in [-0.39, 0.29) is 35.8 Å². The van der Waals surface area contributed by atoms with E-state index in [0.717, 1.165) is 53.7 Å². The Morgan fingerprint density at radius 3 is 2.58 bits per heavy atom. The van der Waals surface area contributed by atoms with Gasteiger partial charge in [-0.15, -0.1) is 5.10 Å². The van der Waals surface area contributed by atoms with E-state index in [9.17, 15) is 19.5 Å². The van der Waals surface area contributed by atoms with Crippen molar-refractivity contribution in [2.75, 3.05) is 23.0 Å². The van der Waals surface area contributed by atoms with E-state index in [2.05, 4.69) is 10.3 Å². The molecular formula is C40H48ClN5O5Si.